The number of benzene rings is 8. The van der Waals surface area contributed by atoms with E-state index < -0.39 is 0 Å². The number of nitrogens with zero attached hydrogens (tertiary/aromatic N) is 5. The van der Waals surface area contributed by atoms with Gasteiger partial charge in [-0.3, -0.25) is 0 Å². The molecule has 0 saturated carbocycles. The largest absolute Gasteiger partial charge is 0.455 e. The van der Waals surface area contributed by atoms with E-state index >= 15 is 0 Å². The van der Waals surface area contributed by atoms with E-state index in [1.807, 2.05) is 97.1 Å². The number of aromatic nitrogens is 4. The highest BCUT2D eigenvalue weighted by Crippen LogP contribution is 2.40. The summed E-state index contributed by atoms with van der Waals surface area (Å²) in [6, 6.07) is 66.3. The number of furan rings is 1. The molecule has 0 atom stereocenters. The molecular weight excluding hydrogens is 711 g/mol. The zero-order valence-corrected chi connectivity index (χ0v) is 31.0. The van der Waals surface area contributed by atoms with Crippen molar-refractivity contribution in [1.29, 1.82) is 5.26 Å². The summed E-state index contributed by atoms with van der Waals surface area (Å²) in [6.07, 6.45) is 0. The van der Waals surface area contributed by atoms with Crippen molar-refractivity contribution < 1.29 is 4.42 Å². The number of rotatable bonds is 6. The highest BCUT2D eigenvalue weighted by molar-refractivity contribution is 6.13. The fourth-order valence-electron chi connectivity index (χ4n) is 8.10. The number of hydrogen-bond acceptors (Lipinski definition) is 5. The summed E-state index contributed by atoms with van der Waals surface area (Å²) in [5.41, 5.74) is 12.1. The maximum Gasteiger partial charge on any atom is 0.164 e. The average molecular weight is 742 g/mol. The van der Waals surface area contributed by atoms with Gasteiger partial charge in [-0.25, -0.2) is 15.0 Å². The van der Waals surface area contributed by atoms with Gasteiger partial charge in [-0.1, -0.05) is 140 Å². The highest BCUT2D eigenvalue weighted by atomic mass is 16.3. The maximum absolute atomic E-state index is 9.62. The van der Waals surface area contributed by atoms with Gasteiger partial charge in [0.2, 0.25) is 0 Å². The summed E-state index contributed by atoms with van der Waals surface area (Å²) in [7, 11) is 0. The minimum atomic E-state index is 0.558. The molecule has 0 spiro atoms. The van der Waals surface area contributed by atoms with Gasteiger partial charge < -0.3 is 8.98 Å². The molecule has 0 fully saturated rings. The molecule has 0 aliphatic rings. The van der Waals surface area contributed by atoms with Crippen LogP contribution in [0, 0.1) is 11.3 Å². The zero-order valence-electron chi connectivity index (χ0n) is 31.0. The molecule has 0 aliphatic heterocycles. The van der Waals surface area contributed by atoms with E-state index in [-0.39, 0.29) is 0 Å². The lowest BCUT2D eigenvalue weighted by atomic mass is 9.99. The molecule has 0 N–H and O–H groups in total. The molecule has 3 aromatic heterocycles. The summed E-state index contributed by atoms with van der Waals surface area (Å²) in [6.45, 7) is 0. The predicted molar refractivity (Wildman–Crippen MR) is 233 cm³/mol. The SMILES string of the molecule is N#Cc1ccc(-c2cc(-c3nc(-c4ccccc4)nc(-c4ccccc4)n3)cc(-n3c4ccccc4c4ccc(-c5cccc6c5oc5ccccc56)cc43)c2)cc1. The molecule has 0 unspecified atom stereocenters. The molecule has 3 heterocycles. The lowest BCUT2D eigenvalue weighted by Gasteiger charge is -2.15. The van der Waals surface area contributed by atoms with Gasteiger partial charge in [0.1, 0.15) is 11.2 Å². The Morgan fingerprint density at radius 2 is 1.00 bits per heavy atom. The molecule has 6 heteroatoms. The van der Waals surface area contributed by atoms with E-state index in [4.69, 9.17) is 19.4 Å². The average Bonchev–Trinajstić information content (AvgIpc) is 3.85. The highest BCUT2D eigenvalue weighted by Gasteiger charge is 2.19. The summed E-state index contributed by atoms with van der Waals surface area (Å²) < 4.78 is 8.84. The van der Waals surface area contributed by atoms with Crippen LogP contribution in [0.4, 0.5) is 0 Å². The third-order valence-corrected chi connectivity index (χ3v) is 10.9. The molecule has 8 aromatic carbocycles. The fourth-order valence-corrected chi connectivity index (χ4v) is 8.10. The molecular formula is C52H31N5O. The maximum atomic E-state index is 9.62. The van der Waals surface area contributed by atoms with Gasteiger partial charge in [0.05, 0.1) is 22.7 Å². The van der Waals surface area contributed by atoms with Crippen LogP contribution in [0.25, 0.3) is 106 Å². The number of fused-ring (bicyclic) bond motifs is 6. The standard InChI is InChI=1S/C52H31N5O/c53-32-33-22-24-34(25-23-33)38-28-39(52-55-50(35-12-3-1-4-13-35)54-51(56-52)36-14-5-2-6-15-36)30-40(29-38)57-46-20-9-7-16-42(46)43-27-26-37(31-47(43)57)41-18-11-19-45-44-17-8-10-21-48(44)58-49(41)45/h1-31H. The lowest BCUT2D eigenvalue weighted by molar-refractivity contribution is 0.670. The number of nitriles is 1. The Morgan fingerprint density at radius 1 is 0.414 bits per heavy atom. The van der Waals surface area contributed by atoms with E-state index in [1.165, 1.54) is 0 Å². The smallest absolute Gasteiger partial charge is 0.164 e. The molecule has 0 amide bonds. The van der Waals surface area contributed by atoms with Crippen LogP contribution in [0.5, 0.6) is 0 Å². The Labute approximate surface area is 333 Å². The first kappa shape index (κ1) is 33.2. The second-order valence-corrected chi connectivity index (χ2v) is 14.4. The fraction of sp³-hybridized carbons (Fsp3) is 0. The molecule has 6 nitrogen and oxygen atoms in total. The topological polar surface area (TPSA) is 80.5 Å². The van der Waals surface area contributed by atoms with Crippen molar-refractivity contribution in [2.45, 2.75) is 0 Å². The van der Waals surface area contributed by atoms with Gasteiger partial charge in [-0.2, -0.15) is 5.26 Å². The zero-order chi connectivity index (χ0) is 38.6. The normalized spacial score (nSPS) is 11.4. The van der Waals surface area contributed by atoms with E-state index in [2.05, 4.69) is 102 Å². The van der Waals surface area contributed by atoms with Crippen molar-refractivity contribution in [2.75, 3.05) is 0 Å². The van der Waals surface area contributed by atoms with Gasteiger partial charge >= 0.3 is 0 Å². The van der Waals surface area contributed by atoms with Crippen LogP contribution in [0.2, 0.25) is 0 Å². The van der Waals surface area contributed by atoms with Crippen LogP contribution in [0.3, 0.4) is 0 Å². The van der Waals surface area contributed by atoms with Crippen molar-refractivity contribution in [3.05, 3.63) is 194 Å². The number of para-hydroxylation sites is 3. The van der Waals surface area contributed by atoms with Gasteiger partial charge in [0.15, 0.2) is 17.5 Å². The Morgan fingerprint density at radius 3 is 1.72 bits per heavy atom. The first-order chi connectivity index (χ1) is 28.7. The molecule has 0 radical (unpaired) electrons. The van der Waals surface area contributed by atoms with Crippen LogP contribution >= 0.6 is 0 Å². The molecule has 11 aromatic rings. The van der Waals surface area contributed by atoms with Crippen LogP contribution in [-0.4, -0.2) is 19.5 Å². The van der Waals surface area contributed by atoms with E-state index in [0.29, 0.717) is 23.0 Å². The van der Waals surface area contributed by atoms with Crippen molar-refractivity contribution in [3.8, 4) is 68.2 Å². The minimum Gasteiger partial charge on any atom is -0.455 e. The van der Waals surface area contributed by atoms with E-state index in [0.717, 1.165) is 88.4 Å². The molecule has 0 aliphatic carbocycles. The number of hydrogen-bond donors (Lipinski definition) is 0. The Balaban J connectivity index is 1.17. The van der Waals surface area contributed by atoms with Crippen LogP contribution in [0.1, 0.15) is 5.56 Å². The third-order valence-electron chi connectivity index (χ3n) is 10.9. The molecule has 11 rings (SSSR count). The van der Waals surface area contributed by atoms with Gasteiger partial charge in [-0.15, -0.1) is 0 Å². The predicted octanol–water partition coefficient (Wildman–Crippen LogP) is 13.1. The minimum absolute atomic E-state index is 0.558. The first-order valence-electron chi connectivity index (χ1n) is 19.2. The van der Waals surface area contributed by atoms with Crippen LogP contribution < -0.4 is 0 Å². The van der Waals surface area contributed by atoms with Gasteiger partial charge in [0, 0.05) is 49.5 Å². The Hall–Kier alpha value is -8.14. The Kier molecular flexibility index (Phi) is 7.76. The van der Waals surface area contributed by atoms with Crippen molar-refractivity contribution in [2.24, 2.45) is 0 Å². The lowest BCUT2D eigenvalue weighted by Crippen LogP contribution is -2.02. The van der Waals surface area contributed by atoms with Crippen molar-refractivity contribution in [3.63, 3.8) is 0 Å². The first-order valence-corrected chi connectivity index (χ1v) is 19.2. The second-order valence-electron chi connectivity index (χ2n) is 14.4. The van der Waals surface area contributed by atoms with E-state index in [1.54, 1.807) is 0 Å². The summed E-state index contributed by atoms with van der Waals surface area (Å²) in [5.74, 6) is 1.74. The third kappa shape index (κ3) is 5.61. The molecule has 0 bridgehead atoms. The van der Waals surface area contributed by atoms with Gasteiger partial charge in [0.25, 0.3) is 0 Å². The quantitative estimate of drug-likeness (QED) is 0.169. The molecule has 58 heavy (non-hydrogen) atoms. The van der Waals surface area contributed by atoms with Crippen molar-refractivity contribution >= 4 is 43.7 Å². The Bertz CT molecular complexity index is 3340. The van der Waals surface area contributed by atoms with Crippen LogP contribution in [-0.2, 0) is 0 Å². The molecule has 0 saturated heterocycles. The van der Waals surface area contributed by atoms with Gasteiger partial charge in [-0.05, 0) is 65.2 Å². The summed E-state index contributed by atoms with van der Waals surface area (Å²) in [5, 5.41) is 14.1. The molecule has 270 valence electrons. The monoisotopic (exact) mass is 741 g/mol. The van der Waals surface area contributed by atoms with Crippen molar-refractivity contribution in [1.82, 2.24) is 19.5 Å². The van der Waals surface area contributed by atoms with E-state index in [9.17, 15) is 5.26 Å². The second kappa shape index (κ2) is 13.6. The summed E-state index contributed by atoms with van der Waals surface area (Å²) >= 11 is 0. The summed E-state index contributed by atoms with van der Waals surface area (Å²) in [4.78, 5) is 15.2. The van der Waals surface area contributed by atoms with Crippen LogP contribution in [0.15, 0.2) is 192 Å².